The summed E-state index contributed by atoms with van der Waals surface area (Å²) in [6.07, 6.45) is 0. The van der Waals surface area contributed by atoms with Crippen molar-refractivity contribution in [3.8, 4) is 5.75 Å². The van der Waals surface area contributed by atoms with Crippen LogP contribution in [-0.4, -0.2) is 42.1 Å². The zero-order chi connectivity index (χ0) is 15.1. The molecule has 0 radical (unpaired) electrons. The first-order valence-corrected chi connectivity index (χ1v) is 6.72. The van der Waals surface area contributed by atoms with Crippen LogP contribution in [0.1, 0.15) is 10.4 Å². The number of carbonyl (C=O) groups excluding carboxylic acids is 1. The molecule has 8 heteroatoms. The molecular formula is C12H13F2NO4S. The summed E-state index contributed by atoms with van der Waals surface area (Å²) in [5.74, 6) is -3.70. The van der Waals surface area contributed by atoms with Crippen molar-refractivity contribution >= 4 is 23.6 Å². The molecule has 0 spiro atoms. The van der Waals surface area contributed by atoms with E-state index in [0.29, 0.717) is 5.75 Å². The van der Waals surface area contributed by atoms with Gasteiger partial charge in [0.1, 0.15) is 11.4 Å². The van der Waals surface area contributed by atoms with Gasteiger partial charge in [0, 0.05) is 12.3 Å². The number of thioether (sulfide) groups is 1. The molecule has 0 heterocycles. The quantitative estimate of drug-likeness (QED) is 0.747. The minimum absolute atomic E-state index is 0.0898. The van der Waals surface area contributed by atoms with E-state index in [1.54, 1.807) is 0 Å². The Kier molecular flexibility index (Phi) is 6.23. The number of carboxylic acid groups (broad SMARTS) is 1. The lowest BCUT2D eigenvalue weighted by molar-refractivity contribution is -0.133. The van der Waals surface area contributed by atoms with Gasteiger partial charge in [0.15, 0.2) is 11.6 Å². The normalized spacial score (nSPS) is 10.2. The summed E-state index contributed by atoms with van der Waals surface area (Å²) in [4.78, 5) is 22.0. The molecule has 1 aromatic rings. The lowest BCUT2D eigenvalue weighted by Crippen LogP contribution is -2.27. The Labute approximate surface area is 118 Å². The lowest BCUT2D eigenvalue weighted by Gasteiger charge is -2.10. The van der Waals surface area contributed by atoms with Crippen molar-refractivity contribution in [1.82, 2.24) is 5.32 Å². The summed E-state index contributed by atoms with van der Waals surface area (Å²) < 4.78 is 31.6. The Morgan fingerprint density at radius 2 is 2.00 bits per heavy atom. The first-order chi connectivity index (χ1) is 9.47. The molecule has 2 N–H and O–H groups in total. The maximum Gasteiger partial charge on any atom is 0.313 e. The smallest absolute Gasteiger partial charge is 0.313 e. The average molecular weight is 305 g/mol. The monoisotopic (exact) mass is 305 g/mol. The Morgan fingerprint density at radius 3 is 2.60 bits per heavy atom. The third-order valence-electron chi connectivity index (χ3n) is 2.25. The number of nitrogens with one attached hydrogen (secondary N) is 1. The van der Waals surface area contributed by atoms with Crippen molar-refractivity contribution in [1.29, 1.82) is 0 Å². The molecule has 0 atom stereocenters. The number of hydrogen-bond acceptors (Lipinski definition) is 4. The van der Waals surface area contributed by atoms with Crippen LogP contribution in [0.25, 0.3) is 0 Å². The van der Waals surface area contributed by atoms with E-state index in [1.165, 1.54) is 0 Å². The maximum absolute atomic E-state index is 13.6. The van der Waals surface area contributed by atoms with Crippen molar-refractivity contribution in [3.63, 3.8) is 0 Å². The molecule has 1 amide bonds. The lowest BCUT2D eigenvalue weighted by atomic mass is 10.1. The van der Waals surface area contributed by atoms with Gasteiger partial charge in [0.2, 0.25) is 0 Å². The zero-order valence-electron chi connectivity index (χ0n) is 10.6. The number of hydrogen-bond donors (Lipinski definition) is 2. The minimum Gasteiger partial charge on any atom is -0.493 e. The molecule has 0 saturated heterocycles. The highest BCUT2D eigenvalue weighted by Crippen LogP contribution is 2.25. The van der Waals surface area contributed by atoms with Crippen LogP contribution in [0.2, 0.25) is 0 Å². The Hall–Kier alpha value is -1.83. The molecule has 0 aromatic heterocycles. The summed E-state index contributed by atoms with van der Waals surface area (Å²) in [7, 11) is 1.14. The fraction of sp³-hybridized carbons (Fsp3) is 0.333. The van der Waals surface area contributed by atoms with E-state index in [2.05, 4.69) is 10.1 Å². The molecule has 0 saturated carbocycles. The third kappa shape index (κ3) is 4.37. The van der Waals surface area contributed by atoms with Crippen molar-refractivity contribution in [3.05, 3.63) is 29.3 Å². The number of carboxylic acids is 1. The highest BCUT2D eigenvalue weighted by Gasteiger charge is 2.20. The van der Waals surface area contributed by atoms with Crippen LogP contribution in [0, 0.1) is 11.6 Å². The Morgan fingerprint density at radius 1 is 1.35 bits per heavy atom. The van der Waals surface area contributed by atoms with Gasteiger partial charge in [0.05, 0.1) is 12.9 Å². The van der Waals surface area contributed by atoms with Crippen LogP contribution in [-0.2, 0) is 4.79 Å². The summed E-state index contributed by atoms with van der Waals surface area (Å²) in [6.45, 7) is 0.135. The number of halogens is 2. The number of ether oxygens (including phenoxy) is 1. The van der Waals surface area contributed by atoms with Gasteiger partial charge in [-0.1, -0.05) is 0 Å². The van der Waals surface area contributed by atoms with E-state index in [0.717, 1.165) is 31.0 Å². The number of aliphatic carboxylic acids is 1. The van der Waals surface area contributed by atoms with Crippen LogP contribution in [0.3, 0.4) is 0 Å². The van der Waals surface area contributed by atoms with Gasteiger partial charge in [0.25, 0.3) is 5.91 Å². The van der Waals surface area contributed by atoms with Gasteiger partial charge in [-0.2, -0.15) is 0 Å². The van der Waals surface area contributed by atoms with Gasteiger partial charge in [-0.3, -0.25) is 9.59 Å². The Balaban J connectivity index is 2.64. The zero-order valence-corrected chi connectivity index (χ0v) is 11.4. The fourth-order valence-electron chi connectivity index (χ4n) is 1.43. The number of methoxy groups -OCH3 is 1. The first kappa shape index (κ1) is 16.2. The van der Waals surface area contributed by atoms with Crippen molar-refractivity contribution in [2.24, 2.45) is 0 Å². The summed E-state index contributed by atoms with van der Waals surface area (Å²) >= 11 is 1.10. The summed E-state index contributed by atoms with van der Waals surface area (Å²) in [6, 6.07) is 1.71. The SMILES string of the molecule is COc1c(F)ccc(F)c1C(=O)NCCSCC(=O)O. The van der Waals surface area contributed by atoms with Crippen LogP contribution in [0.5, 0.6) is 5.75 Å². The van der Waals surface area contributed by atoms with Crippen molar-refractivity contribution < 1.29 is 28.2 Å². The summed E-state index contributed by atoms with van der Waals surface area (Å²) in [5, 5.41) is 10.8. The first-order valence-electron chi connectivity index (χ1n) is 5.57. The number of amides is 1. The van der Waals surface area contributed by atoms with Gasteiger partial charge in [-0.15, -0.1) is 11.8 Å². The maximum atomic E-state index is 13.6. The van der Waals surface area contributed by atoms with Crippen LogP contribution >= 0.6 is 11.8 Å². The molecule has 20 heavy (non-hydrogen) atoms. The minimum atomic E-state index is -0.959. The number of rotatable bonds is 7. The molecule has 5 nitrogen and oxygen atoms in total. The second kappa shape index (κ2) is 7.68. The van der Waals surface area contributed by atoms with E-state index in [1.807, 2.05) is 0 Å². The van der Waals surface area contributed by atoms with E-state index >= 15 is 0 Å². The summed E-state index contributed by atoms with van der Waals surface area (Å²) in [5.41, 5.74) is -0.504. The molecule has 0 bridgehead atoms. The molecule has 1 rings (SSSR count). The second-order valence-corrected chi connectivity index (χ2v) is 4.74. The van der Waals surface area contributed by atoms with Crippen LogP contribution in [0.4, 0.5) is 8.78 Å². The van der Waals surface area contributed by atoms with Crippen molar-refractivity contribution in [2.75, 3.05) is 25.2 Å². The molecule has 0 aliphatic carbocycles. The second-order valence-electron chi connectivity index (χ2n) is 3.64. The molecule has 110 valence electrons. The van der Waals surface area contributed by atoms with Gasteiger partial charge in [-0.05, 0) is 12.1 Å². The molecule has 0 aliphatic heterocycles. The van der Waals surface area contributed by atoms with Crippen LogP contribution < -0.4 is 10.1 Å². The topological polar surface area (TPSA) is 75.6 Å². The van der Waals surface area contributed by atoms with Gasteiger partial charge < -0.3 is 15.2 Å². The molecule has 0 unspecified atom stereocenters. The largest absolute Gasteiger partial charge is 0.493 e. The predicted molar refractivity (Wildman–Crippen MR) is 70.2 cm³/mol. The number of carbonyl (C=O) groups is 2. The highest BCUT2D eigenvalue weighted by molar-refractivity contribution is 7.99. The molecule has 1 aromatic carbocycles. The molecule has 0 aliphatic rings. The molecule has 0 fully saturated rings. The van der Waals surface area contributed by atoms with Crippen molar-refractivity contribution in [2.45, 2.75) is 0 Å². The average Bonchev–Trinajstić information content (AvgIpc) is 2.39. The number of benzene rings is 1. The molecular weight excluding hydrogens is 292 g/mol. The highest BCUT2D eigenvalue weighted by atomic mass is 32.2. The Bertz CT molecular complexity index is 510. The van der Waals surface area contributed by atoms with Gasteiger partial charge in [-0.25, -0.2) is 8.78 Å². The predicted octanol–water partition coefficient (Wildman–Crippen LogP) is 1.52. The van der Waals surface area contributed by atoms with Crippen LogP contribution in [0.15, 0.2) is 12.1 Å². The van der Waals surface area contributed by atoms with E-state index < -0.39 is 34.8 Å². The standard InChI is InChI=1S/C12H13F2NO4S/c1-19-11-8(14)3-2-7(13)10(11)12(18)15-4-5-20-6-9(16)17/h2-3H,4-6H2,1H3,(H,15,18)(H,16,17). The van der Waals surface area contributed by atoms with E-state index in [-0.39, 0.29) is 12.3 Å². The van der Waals surface area contributed by atoms with Gasteiger partial charge >= 0.3 is 5.97 Å². The third-order valence-corrected chi connectivity index (χ3v) is 3.19. The fourth-order valence-corrected chi connectivity index (χ4v) is 1.99. The van der Waals surface area contributed by atoms with E-state index in [9.17, 15) is 18.4 Å². The van der Waals surface area contributed by atoms with E-state index in [4.69, 9.17) is 5.11 Å².